The molecule has 0 radical (unpaired) electrons. The molecule has 1 aromatic carbocycles. The molecule has 1 amide bonds. The molecule has 10 heteroatoms. The van der Waals surface area contributed by atoms with Gasteiger partial charge in [-0.05, 0) is 30.7 Å². The summed E-state index contributed by atoms with van der Waals surface area (Å²) in [5, 5.41) is 2.74. The van der Waals surface area contributed by atoms with E-state index < -0.39 is 17.0 Å². The van der Waals surface area contributed by atoms with Crippen LogP contribution in [0.5, 0.6) is 5.75 Å². The van der Waals surface area contributed by atoms with Crippen molar-refractivity contribution in [3.05, 3.63) is 50.7 Å². The van der Waals surface area contributed by atoms with Crippen molar-refractivity contribution in [1.82, 2.24) is 9.13 Å². The molecular formula is C20H28N5O5+. The minimum atomic E-state index is -0.731. The lowest BCUT2D eigenvalue weighted by Crippen LogP contribution is -3.11. The Morgan fingerprint density at radius 3 is 2.37 bits per heavy atom. The summed E-state index contributed by atoms with van der Waals surface area (Å²) in [5.41, 5.74) is 5.06. The van der Waals surface area contributed by atoms with Crippen molar-refractivity contribution in [1.29, 1.82) is 0 Å². The molecule has 0 bridgehead atoms. The van der Waals surface area contributed by atoms with Gasteiger partial charge in [0.15, 0.2) is 6.54 Å². The van der Waals surface area contributed by atoms with E-state index >= 15 is 0 Å². The molecule has 0 saturated carbocycles. The molecule has 0 aliphatic carbocycles. The summed E-state index contributed by atoms with van der Waals surface area (Å²) < 4.78 is 7.17. The Hall–Kier alpha value is -3.40. The number of hydrogen-bond donors (Lipinski definition) is 3. The van der Waals surface area contributed by atoms with Crippen molar-refractivity contribution in [2.45, 2.75) is 19.9 Å². The summed E-state index contributed by atoms with van der Waals surface area (Å²) in [7, 11) is 4.53. The molecule has 0 aliphatic heterocycles. The van der Waals surface area contributed by atoms with Crippen LogP contribution in [0.4, 0.5) is 11.5 Å². The minimum Gasteiger partial charge on any atom is -0.497 e. The van der Waals surface area contributed by atoms with E-state index in [0.29, 0.717) is 29.3 Å². The Morgan fingerprint density at radius 2 is 1.80 bits per heavy atom. The fraction of sp³-hybridized carbons (Fsp3) is 0.400. The zero-order chi connectivity index (χ0) is 22.4. The van der Waals surface area contributed by atoms with Gasteiger partial charge in [-0.25, -0.2) is 4.79 Å². The molecule has 4 N–H and O–H groups in total. The average Bonchev–Trinajstić information content (AvgIpc) is 2.70. The SMILES string of the molecule is CCCn1c(N)c(C(=O)C[NH+](C)CC(=O)Nc2ccc(OC)cc2)c(=O)n(C)c1=O. The number of nitrogens with one attached hydrogen (secondary N) is 2. The number of benzene rings is 1. The number of hydrogen-bond acceptors (Lipinski definition) is 6. The minimum absolute atomic E-state index is 0.00654. The number of nitrogens with two attached hydrogens (primary N) is 1. The summed E-state index contributed by atoms with van der Waals surface area (Å²) in [6, 6.07) is 6.86. The van der Waals surface area contributed by atoms with Gasteiger partial charge >= 0.3 is 5.69 Å². The lowest BCUT2D eigenvalue weighted by Gasteiger charge is -2.16. The summed E-state index contributed by atoms with van der Waals surface area (Å²) >= 11 is 0. The van der Waals surface area contributed by atoms with Crippen LogP contribution in [0.2, 0.25) is 0 Å². The number of carbonyl (C=O) groups excluding carboxylic acids is 2. The summed E-state index contributed by atoms with van der Waals surface area (Å²) in [6.45, 7) is 2.04. The zero-order valence-electron chi connectivity index (χ0n) is 17.7. The number of aromatic nitrogens is 2. The maximum Gasteiger partial charge on any atom is 0.332 e. The van der Waals surface area contributed by atoms with Crippen LogP contribution in [-0.4, -0.2) is 48.1 Å². The normalized spacial score (nSPS) is 11.7. The van der Waals surface area contributed by atoms with Crippen molar-refractivity contribution >= 4 is 23.2 Å². The predicted octanol–water partition coefficient (Wildman–Crippen LogP) is -1.12. The van der Waals surface area contributed by atoms with Crippen LogP contribution < -0.4 is 31.9 Å². The Morgan fingerprint density at radius 1 is 1.17 bits per heavy atom. The molecule has 162 valence electrons. The molecule has 0 aliphatic rings. The second kappa shape index (κ2) is 9.88. The van der Waals surface area contributed by atoms with Gasteiger partial charge in [-0.15, -0.1) is 0 Å². The van der Waals surface area contributed by atoms with Gasteiger partial charge in [0.2, 0.25) is 5.78 Å². The van der Waals surface area contributed by atoms with Crippen LogP contribution in [0.1, 0.15) is 23.7 Å². The summed E-state index contributed by atoms with van der Waals surface area (Å²) in [5.74, 6) is -0.273. The topological polar surface area (TPSA) is 130 Å². The van der Waals surface area contributed by atoms with Gasteiger partial charge in [0.1, 0.15) is 23.7 Å². The van der Waals surface area contributed by atoms with Crippen molar-refractivity contribution in [3.63, 3.8) is 0 Å². The number of methoxy groups -OCH3 is 1. The Kier molecular flexibility index (Phi) is 7.54. The van der Waals surface area contributed by atoms with Crippen LogP contribution in [0.15, 0.2) is 33.9 Å². The van der Waals surface area contributed by atoms with E-state index in [1.54, 1.807) is 38.4 Å². The Balaban J connectivity index is 2.10. The van der Waals surface area contributed by atoms with Crippen molar-refractivity contribution < 1.29 is 19.2 Å². The number of likely N-dealkylation sites (N-methyl/N-ethyl adjacent to an activating group) is 1. The molecule has 1 atom stereocenters. The van der Waals surface area contributed by atoms with Gasteiger partial charge in [0.05, 0.1) is 14.2 Å². The van der Waals surface area contributed by atoms with Crippen LogP contribution in [0, 0.1) is 0 Å². The number of anilines is 2. The molecule has 10 nitrogen and oxygen atoms in total. The predicted molar refractivity (Wildman–Crippen MR) is 113 cm³/mol. The number of ketones is 1. The second-order valence-electron chi connectivity index (χ2n) is 7.07. The number of amides is 1. The first kappa shape index (κ1) is 22.9. The third kappa shape index (κ3) is 5.15. The molecule has 0 spiro atoms. The van der Waals surface area contributed by atoms with E-state index in [-0.39, 0.29) is 30.4 Å². The first-order valence-corrected chi connectivity index (χ1v) is 9.57. The zero-order valence-corrected chi connectivity index (χ0v) is 17.7. The van der Waals surface area contributed by atoms with Gasteiger partial charge < -0.3 is 20.7 Å². The Bertz CT molecular complexity index is 1040. The molecule has 0 fully saturated rings. The number of nitrogens with zero attached hydrogens (tertiary/aromatic N) is 2. The molecule has 1 aromatic heterocycles. The monoisotopic (exact) mass is 418 g/mol. The maximum absolute atomic E-state index is 12.8. The third-order valence-electron chi connectivity index (χ3n) is 4.61. The highest BCUT2D eigenvalue weighted by Gasteiger charge is 2.24. The molecule has 1 unspecified atom stereocenters. The molecule has 30 heavy (non-hydrogen) atoms. The first-order chi connectivity index (χ1) is 14.2. The fourth-order valence-corrected chi connectivity index (χ4v) is 3.06. The van der Waals surface area contributed by atoms with Crippen molar-refractivity contribution in [3.8, 4) is 5.75 Å². The molecule has 0 saturated heterocycles. The van der Waals surface area contributed by atoms with Crippen LogP contribution in [0.25, 0.3) is 0 Å². The van der Waals surface area contributed by atoms with Crippen LogP contribution >= 0.6 is 0 Å². The average molecular weight is 418 g/mol. The quantitative estimate of drug-likeness (QED) is 0.443. The van der Waals surface area contributed by atoms with E-state index in [9.17, 15) is 19.2 Å². The van der Waals surface area contributed by atoms with Gasteiger partial charge in [-0.2, -0.15) is 0 Å². The van der Waals surface area contributed by atoms with E-state index in [2.05, 4.69) is 5.32 Å². The maximum atomic E-state index is 12.8. The van der Waals surface area contributed by atoms with E-state index in [0.717, 1.165) is 4.57 Å². The molecule has 1 heterocycles. The smallest absolute Gasteiger partial charge is 0.332 e. The highest BCUT2D eigenvalue weighted by molar-refractivity contribution is 6.00. The van der Waals surface area contributed by atoms with Gasteiger partial charge in [0, 0.05) is 19.3 Å². The molecular weight excluding hydrogens is 390 g/mol. The van der Waals surface area contributed by atoms with Crippen molar-refractivity contribution in [2.75, 3.05) is 38.3 Å². The first-order valence-electron chi connectivity index (χ1n) is 9.57. The van der Waals surface area contributed by atoms with E-state index in [4.69, 9.17) is 10.5 Å². The number of rotatable bonds is 9. The van der Waals surface area contributed by atoms with E-state index in [1.807, 2.05) is 6.92 Å². The van der Waals surface area contributed by atoms with Crippen molar-refractivity contribution in [2.24, 2.45) is 7.05 Å². The number of carbonyl (C=O) groups is 2. The fourth-order valence-electron chi connectivity index (χ4n) is 3.06. The third-order valence-corrected chi connectivity index (χ3v) is 4.61. The summed E-state index contributed by atoms with van der Waals surface area (Å²) in [6.07, 6.45) is 0.618. The number of ether oxygens (including phenoxy) is 1. The van der Waals surface area contributed by atoms with Gasteiger partial charge in [0.25, 0.3) is 11.5 Å². The number of nitrogen functional groups attached to an aromatic ring is 1. The highest BCUT2D eigenvalue weighted by atomic mass is 16.5. The standard InChI is InChI=1S/C20H27N5O5/c1-5-10-25-18(21)17(19(28)24(3)20(25)29)15(26)11-23(2)12-16(27)22-13-6-8-14(30-4)9-7-13/h6-9H,5,10-12,21H2,1-4H3,(H,22,27)/p+1. The highest BCUT2D eigenvalue weighted by Crippen LogP contribution is 2.14. The largest absolute Gasteiger partial charge is 0.497 e. The number of Topliss-reactive ketones (excluding diaryl/α,β-unsaturated/α-hetero) is 1. The number of quaternary nitrogens is 1. The lowest BCUT2D eigenvalue weighted by molar-refractivity contribution is -0.861. The van der Waals surface area contributed by atoms with E-state index in [1.165, 1.54) is 11.6 Å². The molecule has 2 aromatic rings. The second-order valence-corrected chi connectivity index (χ2v) is 7.07. The Labute approximate surface area is 173 Å². The molecule has 2 rings (SSSR count). The van der Waals surface area contributed by atoms with Crippen LogP contribution in [0.3, 0.4) is 0 Å². The van der Waals surface area contributed by atoms with Gasteiger partial charge in [-0.1, -0.05) is 6.92 Å². The lowest BCUT2D eigenvalue weighted by atomic mass is 10.1. The van der Waals surface area contributed by atoms with Crippen LogP contribution in [-0.2, 0) is 18.4 Å². The van der Waals surface area contributed by atoms with Gasteiger partial charge in [-0.3, -0.25) is 23.5 Å². The summed E-state index contributed by atoms with van der Waals surface area (Å²) in [4.78, 5) is 50.3.